The van der Waals surface area contributed by atoms with Crippen LogP contribution in [0.15, 0.2) is 24.3 Å². The van der Waals surface area contributed by atoms with Gasteiger partial charge in [0.2, 0.25) is 0 Å². The Balaban J connectivity index is 2.04. The van der Waals surface area contributed by atoms with Gasteiger partial charge in [-0.2, -0.15) is 0 Å². The predicted molar refractivity (Wildman–Crippen MR) is 75.0 cm³/mol. The Bertz CT molecular complexity index is 534. The molecule has 0 spiro atoms. The topological polar surface area (TPSA) is 48.1 Å². The van der Waals surface area contributed by atoms with Crippen molar-refractivity contribution in [1.29, 1.82) is 0 Å². The van der Waals surface area contributed by atoms with Gasteiger partial charge < -0.3 is 10.5 Å². The van der Waals surface area contributed by atoms with Gasteiger partial charge >= 0.3 is 0 Å². The molecule has 0 aliphatic rings. The number of aryl methyl sites for hydroxylation is 2. The molecule has 0 amide bonds. The molecular formula is C14H18N2OS. The molecule has 4 heteroatoms. The van der Waals surface area contributed by atoms with Crippen molar-refractivity contribution < 1.29 is 4.74 Å². The maximum Gasteiger partial charge on any atom is 0.140 e. The first-order valence-electron chi connectivity index (χ1n) is 5.97. The minimum absolute atomic E-state index is 0.0372. The molecule has 1 heterocycles. The SMILES string of the molecule is Cc1cccc(OCc2nc(C)c(C(C)N)s2)c1. The van der Waals surface area contributed by atoms with Crippen molar-refractivity contribution in [3.05, 3.63) is 45.4 Å². The number of nitrogens with two attached hydrogens (primary N) is 1. The van der Waals surface area contributed by atoms with Gasteiger partial charge in [-0.05, 0) is 38.5 Å². The van der Waals surface area contributed by atoms with Crippen molar-refractivity contribution in [2.75, 3.05) is 0 Å². The van der Waals surface area contributed by atoms with Crippen LogP contribution in [0.4, 0.5) is 0 Å². The van der Waals surface area contributed by atoms with E-state index < -0.39 is 0 Å². The van der Waals surface area contributed by atoms with E-state index in [1.807, 2.05) is 32.0 Å². The van der Waals surface area contributed by atoms with Crippen molar-refractivity contribution in [2.45, 2.75) is 33.4 Å². The summed E-state index contributed by atoms with van der Waals surface area (Å²) in [7, 11) is 0. The van der Waals surface area contributed by atoms with E-state index in [-0.39, 0.29) is 6.04 Å². The predicted octanol–water partition coefficient (Wildman–Crippen LogP) is 3.36. The van der Waals surface area contributed by atoms with Gasteiger partial charge in [0.25, 0.3) is 0 Å². The Kier molecular flexibility index (Phi) is 3.99. The molecule has 96 valence electrons. The van der Waals surface area contributed by atoms with Crippen molar-refractivity contribution in [3.8, 4) is 5.75 Å². The lowest BCUT2D eigenvalue weighted by Gasteiger charge is -2.04. The second kappa shape index (κ2) is 5.50. The Hall–Kier alpha value is -1.39. The minimum Gasteiger partial charge on any atom is -0.486 e. The molecule has 0 fully saturated rings. The standard InChI is InChI=1S/C14H18N2OS/c1-9-5-4-6-12(7-9)17-8-13-16-11(3)14(18-13)10(2)15/h4-7,10H,8,15H2,1-3H3. The van der Waals surface area contributed by atoms with Gasteiger partial charge in [-0.25, -0.2) is 4.98 Å². The van der Waals surface area contributed by atoms with Crippen LogP contribution < -0.4 is 10.5 Å². The zero-order chi connectivity index (χ0) is 13.1. The summed E-state index contributed by atoms with van der Waals surface area (Å²) in [5, 5.41) is 0.973. The average molecular weight is 262 g/mol. The highest BCUT2D eigenvalue weighted by atomic mass is 32.1. The van der Waals surface area contributed by atoms with Crippen molar-refractivity contribution in [3.63, 3.8) is 0 Å². The van der Waals surface area contributed by atoms with E-state index in [9.17, 15) is 0 Å². The molecule has 1 atom stereocenters. The second-order valence-corrected chi connectivity index (χ2v) is 5.57. The molecule has 2 rings (SSSR count). The molecule has 2 N–H and O–H groups in total. The van der Waals surface area contributed by atoms with Crippen LogP contribution in [0.3, 0.4) is 0 Å². The van der Waals surface area contributed by atoms with Crippen LogP contribution in [0.25, 0.3) is 0 Å². The first kappa shape index (κ1) is 13.1. The monoisotopic (exact) mass is 262 g/mol. The van der Waals surface area contributed by atoms with Crippen LogP contribution in [-0.4, -0.2) is 4.98 Å². The summed E-state index contributed by atoms with van der Waals surface area (Å²) < 4.78 is 5.73. The molecular weight excluding hydrogens is 244 g/mol. The van der Waals surface area contributed by atoms with Crippen LogP contribution >= 0.6 is 11.3 Å². The number of ether oxygens (including phenoxy) is 1. The van der Waals surface area contributed by atoms with Crippen LogP contribution in [0.1, 0.15) is 34.1 Å². The number of hydrogen-bond donors (Lipinski definition) is 1. The van der Waals surface area contributed by atoms with Crippen LogP contribution in [0, 0.1) is 13.8 Å². The van der Waals surface area contributed by atoms with E-state index in [1.165, 1.54) is 5.56 Å². The molecule has 1 unspecified atom stereocenters. The lowest BCUT2D eigenvalue weighted by atomic mass is 10.2. The van der Waals surface area contributed by atoms with Crippen LogP contribution in [-0.2, 0) is 6.61 Å². The highest BCUT2D eigenvalue weighted by Gasteiger charge is 2.11. The summed E-state index contributed by atoms with van der Waals surface area (Å²) >= 11 is 1.63. The lowest BCUT2D eigenvalue weighted by Crippen LogP contribution is -2.03. The van der Waals surface area contributed by atoms with Gasteiger partial charge in [0.05, 0.1) is 5.69 Å². The lowest BCUT2D eigenvalue weighted by molar-refractivity contribution is 0.305. The number of nitrogens with zero attached hydrogens (tertiary/aromatic N) is 1. The quantitative estimate of drug-likeness (QED) is 0.919. The van der Waals surface area contributed by atoms with E-state index in [1.54, 1.807) is 11.3 Å². The van der Waals surface area contributed by atoms with E-state index in [0.29, 0.717) is 6.61 Å². The van der Waals surface area contributed by atoms with Crippen LogP contribution in [0.5, 0.6) is 5.75 Å². The molecule has 0 aliphatic heterocycles. The molecule has 0 saturated heterocycles. The average Bonchev–Trinajstić information content (AvgIpc) is 2.68. The van der Waals surface area contributed by atoms with Crippen molar-refractivity contribution >= 4 is 11.3 Å². The van der Waals surface area contributed by atoms with Gasteiger partial charge in [0.1, 0.15) is 17.4 Å². The summed E-state index contributed by atoms with van der Waals surface area (Å²) in [5.74, 6) is 0.880. The second-order valence-electron chi connectivity index (χ2n) is 4.45. The molecule has 0 aliphatic carbocycles. The van der Waals surface area contributed by atoms with Crippen molar-refractivity contribution in [1.82, 2.24) is 4.98 Å². The van der Waals surface area contributed by atoms with Gasteiger partial charge in [0, 0.05) is 10.9 Å². The molecule has 3 nitrogen and oxygen atoms in total. The fraction of sp³-hybridized carbons (Fsp3) is 0.357. The third-order valence-corrected chi connectivity index (χ3v) is 3.97. The van der Waals surface area contributed by atoms with Gasteiger partial charge in [-0.1, -0.05) is 12.1 Å². The summed E-state index contributed by atoms with van der Waals surface area (Å²) in [4.78, 5) is 5.62. The minimum atomic E-state index is 0.0372. The van der Waals surface area contributed by atoms with E-state index >= 15 is 0 Å². The van der Waals surface area contributed by atoms with Gasteiger partial charge in [-0.3, -0.25) is 0 Å². The first-order valence-corrected chi connectivity index (χ1v) is 6.79. The summed E-state index contributed by atoms with van der Waals surface area (Å²) in [6.07, 6.45) is 0. The molecule has 0 radical (unpaired) electrons. The van der Waals surface area contributed by atoms with E-state index in [0.717, 1.165) is 21.3 Å². The molecule has 0 bridgehead atoms. The maximum absolute atomic E-state index is 5.88. The number of thiazole rings is 1. The Morgan fingerprint density at radius 3 is 2.78 bits per heavy atom. The Labute approximate surface area is 112 Å². The number of aromatic nitrogens is 1. The Morgan fingerprint density at radius 2 is 2.17 bits per heavy atom. The summed E-state index contributed by atoms with van der Waals surface area (Å²) in [6, 6.07) is 8.06. The molecule has 18 heavy (non-hydrogen) atoms. The third kappa shape index (κ3) is 3.09. The van der Waals surface area contributed by atoms with Crippen molar-refractivity contribution in [2.24, 2.45) is 5.73 Å². The molecule has 1 aromatic carbocycles. The smallest absolute Gasteiger partial charge is 0.140 e. The highest BCUT2D eigenvalue weighted by Crippen LogP contribution is 2.24. The molecule has 2 aromatic rings. The molecule has 0 saturated carbocycles. The fourth-order valence-corrected chi connectivity index (χ4v) is 2.73. The number of rotatable bonds is 4. The number of hydrogen-bond acceptors (Lipinski definition) is 4. The maximum atomic E-state index is 5.88. The normalized spacial score (nSPS) is 12.4. The van der Waals surface area contributed by atoms with Gasteiger partial charge in [0.15, 0.2) is 0 Å². The summed E-state index contributed by atoms with van der Waals surface area (Å²) in [5.41, 5.74) is 8.09. The van der Waals surface area contributed by atoms with E-state index in [4.69, 9.17) is 10.5 Å². The van der Waals surface area contributed by atoms with Crippen LogP contribution in [0.2, 0.25) is 0 Å². The number of benzene rings is 1. The first-order chi connectivity index (χ1) is 8.56. The Morgan fingerprint density at radius 1 is 1.39 bits per heavy atom. The van der Waals surface area contributed by atoms with E-state index in [2.05, 4.69) is 18.0 Å². The summed E-state index contributed by atoms with van der Waals surface area (Å²) in [6.45, 7) is 6.52. The zero-order valence-electron chi connectivity index (χ0n) is 10.9. The highest BCUT2D eigenvalue weighted by molar-refractivity contribution is 7.11. The van der Waals surface area contributed by atoms with Gasteiger partial charge in [-0.15, -0.1) is 11.3 Å². The molecule has 1 aromatic heterocycles. The third-order valence-electron chi connectivity index (χ3n) is 2.64. The zero-order valence-corrected chi connectivity index (χ0v) is 11.8. The fourth-order valence-electron chi connectivity index (χ4n) is 1.80. The largest absolute Gasteiger partial charge is 0.486 e.